The fraction of sp³-hybridized carbons (Fsp3) is 0.450. The zero-order chi connectivity index (χ0) is 24.0. The first-order chi connectivity index (χ1) is 15.6. The van der Waals surface area contributed by atoms with Gasteiger partial charge in [0.1, 0.15) is 23.5 Å². The number of aromatic nitrogens is 2. The van der Waals surface area contributed by atoms with Crippen LogP contribution >= 0.6 is 19.5 Å². The largest absolute Gasteiger partial charge is 0.462 e. The van der Waals surface area contributed by atoms with Crippen molar-refractivity contribution in [1.29, 1.82) is 0 Å². The second kappa shape index (κ2) is 11.2. The maximum atomic E-state index is 13.3. The van der Waals surface area contributed by atoms with Crippen LogP contribution in [0.2, 0.25) is 0 Å². The molecule has 3 rings (SSSR count). The zero-order valence-corrected chi connectivity index (χ0v) is 19.9. The molecule has 0 spiro atoms. The number of carbonyl (C=O) groups is 1. The molecule has 1 aliphatic heterocycles. The highest BCUT2D eigenvalue weighted by atomic mass is 32.2. The predicted octanol–water partition coefficient (Wildman–Crippen LogP) is 1.94. The smallest absolute Gasteiger partial charge is 0.459 e. The molecule has 0 radical (unpaired) electrons. The molecule has 0 saturated carbocycles. The van der Waals surface area contributed by atoms with Crippen molar-refractivity contribution >= 4 is 31.3 Å². The molecular weight excluding hydrogens is 471 g/mol. The molecule has 0 bridgehead atoms. The van der Waals surface area contributed by atoms with E-state index in [0.29, 0.717) is 5.75 Å². The van der Waals surface area contributed by atoms with Crippen LogP contribution in [0, 0.1) is 0 Å². The Bertz CT molecular complexity index is 1050. The number of nitrogens with zero attached hydrogens (tertiary/aromatic N) is 2. The van der Waals surface area contributed by atoms with E-state index in [2.05, 4.69) is 10.1 Å². The van der Waals surface area contributed by atoms with Crippen LogP contribution in [0.1, 0.15) is 25.6 Å². The van der Waals surface area contributed by atoms with Crippen molar-refractivity contribution in [3.05, 3.63) is 53.1 Å². The van der Waals surface area contributed by atoms with E-state index in [-0.39, 0.29) is 36.7 Å². The first kappa shape index (κ1) is 25.3. The molecule has 1 aromatic carbocycles. The van der Waals surface area contributed by atoms with Crippen LogP contribution in [0.25, 0.3) is 0 Å². The van der Waals surface area contributed by atoms with Gasteiger partial charge in [0.15, 0.2) is 0 Å². The third kappa shape index (κ3) is 7.31. The molecule has 4 N–H and O–H groups in total. The highest BCUT2D eigenvalue weighted by Crippen LogP contribution is 2.47. The molecule has 2 aromatic rings. The summed E-state index contributed by atoms with van der Waals surface area (Å²) >= 11 is 1.28. The van der Waals surface area contributed by atoms with Crippen molar-refractivity contribution in [2.75, 3.05) is 18.9 Å². The molecule has 0 aliphatic carbocycles. The number of hydrogen-bond donors (Lipinski definition) is 3. The summed E-state index contributed by atoms with van der Waals surface area (Å²) in [5, 5.41) is 12.1. The quantitative estimate of drug-likeness (QED) is 0.325. The summed E-state index contributed by atoms with van der Waals surface area (Å²) in [5.41, 5.74) is 4.95. The Labute approximate surface area is 195 Å². The number of para-hydroxylation sites is 1. The Morgan fingerprint density at radius 1 is 1.36 bits per heavy atom. The van der Waals surface area contributed by atoms with Gasteiger partial charge in [0, 0.05) is 11.4 Å². The minimum absolute atomic E-state index is 0.0638. The molecule has 2 heterocycles. The molecule has 1 fully saturated rings. The maximum absolute atomic E-state index is 13.3. The highest BCUT2D eigenvalue weighted by molar-refractivity contribution is 8.00. The van der Waals surface area contributed by atoms with Crippen LogP contribution < -0.4 is 21.0 Å². The minimum Gasteiger partial charge on any atom is -0.462 e. The van der Waals surface area contributed by atoms with Crippen LogP contribution in [0.5, 0.6) is 5.75 Å². The number of benzene rings is 1. The number of aliphatic hydroxyl groups excluding tert-OH is 1. The molecular formula is C20H27N4O7PS. The van der Waals surface area contributed by atoms with E-state index >= 15 is 0 Å². The van der Waals surface area contributed by atoms with Gasteiger partial charge in [-0.3, -0.25) is 13.9 Å². The predicted molar refractivity (Wildman–Crippen MR) is 124 cm³/mol. The maximum Gasteiger partial charge on any atom is 0.459 e. The lowest BCUT2D eigenvalue weighted by molar-refractivity contribution is -0.145. The van der Waals surface area contributed by atoms with Crippen molar-refractivity contribution in [3.63, 3.8) is 0 Å². The fourth-order valence-corrected chi connectivity index (χ4v) is 5.92. The van der Waals surface area contributed by atoms with E-state index in [0.717, 1.165) is 0 Å². The number of carbonyl (C=O) groups excluding carboxylic acids is 1. The Morgan fingerprint density at radius 3 is 2.76 bits per heavy atom. The van der Waals surface area contributed by atoms with Crippen molar-refractivity contribution in [3.8, 4) is 5.75 Å². The Hall–Kier alpha value is -2.37. The second-order valence-electron chi connectivity index (χ2n) is 7.57. The zero-order valence-electron chi connectivity index (χ0n) is 18.2. The summed E-state index contributed by atoms with van der Waals surface area (Å²) in [7, 11) is -3.96. The summed E-state index contributed by atoms with van der Waals surface area (Å²) in [6, 6.07) is 9.87. The molecule has 180 valence electrons. The first-order valence-corrected chi connectivity index (χ1v) is 12.8. The van der Waals surface area contributed by atoms with Gasteiger partial charge >= 0.3 is 19.4 Å². The van der Waals surface area contributed by atoms with E-state index in [4.69, 9.17) is 19.5 Å². The number of nitrogens with two attached hydrogens (primary N) is 1. The van der Waals surface area contributed by atoms with Gasteiger partial charge in [-0.15, -0.1) is 11.8 Å². The standard InChI is InChI=1S/C20H27N4O7PS/c1-13(2)30-18(26)11-22-32(28,31-14-6-4-3-5-7-14)29-12-15-10-16(25)19(33-15)24-9-8-17(21)23-20(24)27/h3-9,13,15-16,19,25H,10-12H2,1-2H3,(H,22,28)(H2,21,23,27). The summed E-state index contributed by atoms with van der Waals surface area (Å²) in [6.07, 6.45) is 0.580. The van der Waals surface area contributed by atoms with Gasteiger partial charge in [0.2, 0.25) is 0 Å². The lowest BCUT2D eigenvalue weighted by atomic mass is 10.2. The molecule has 1 aromatic heterocycles. The van der Waals surface area contributed by atoms with Gasteiger partial charge in [-0.2, -0.15) is 4.98 Å². The molecule has 1 aliphatic rings. The first-order valence-electron chi connectivity index (χ1n) is 10.3. The van der Waals surface area contributed by atoms with Crippen LogP contribution in [-0.4, -0.2) is 51.2 Å². The molecule has 4 unspecified atom stereocenters. The third-order valence-electron chi connectivity index (χ3n) is 4.47. The van der Waals surface area contributed by atoms with Gasteiger partial charge < -0.3 is 20.1 Å². The topological polar surface area (TPSA) is 155 Å². The summed E-state index contributed by atoms with van der Waals surface area (Å²) in [6.45, 7) is 2.97. The van der Waals surface area contributed by atoms with Crippen molar-refractivity contribution < 1.29 is 28.3 Å². The lowest BCUT2D eigenvalue weighted by Gasteiger charge is -2.21. The van der Waals surface area contributed by atoms with Crippen LogP contribution in [-0.2, 0) is 18.6 Å². The molecule has 11 nitrogen and oxygen atoms in total. The van der Waals surface area contributed by atoms with E-state index in [1.165, 1.54) is 28.6 Å². The number of thioether (sulfide) groups is 1. The molecule has 0 amide bonds. The second-order valence-corrected chi connectivity index (χ2v) is 10.7. The van der Waals surface area contributed by atoms with Crippen LogP contribution in [0.15, 0.2) is 47.4 Å². The number of nitrogens with one attached hydrogen (secondary N) is 1. The third-order valence-corrected chi connectivity index (χ3v) is 7.49. The number of anilines is 1. The van der Waals surface area contributed by atoms with E-state index in [1.807, 2.05) is 0 Å². The normalized spacial score (nSPS) is 22.1. The van der Waals surface area contributed by atoms with Gasteiger partial charge in [-0.25, -0.2) is 14.4 Å². The van der Waals surface area contributed by atoms with Gasteiger partial charge in [-0.05, 0) is 38.5 Å². The summed E-state index contributed by atoms with van der Waals surface area (Å²) in [5.74, 6) is -0.219. The van der Waals surface area contributed by atoms with Crippen molar-refractivity contribution in [2.24, 2.45) is 0 Å². The molecule has 4 atom stereocenters. The van der Waals surface area contributed by atoms with Gasteiger partial charge in [0.05, 0.1) is 18.8 Å². The Balaban J connectivity index is 1.66. The van der Waals surface area contributed by atoms with Crippen LogP contribution in [0.3, 0.4) is 0 Å². The number of aliphatic hydroxyl groups is 1. The summed E-state index contributed by atoms with van der Waals surface area (Å²) < 4.78 is 30.9. The molecule has 1 saturated heterocycles. The van der Waals surface area contributed by atoms with Crippen molar-refractivity contribution in [1.82, 2.24) is 14.6 Å². The average molecular weight is 498 g/mol. The molecule has 33 heavy (non-hydrogen) atoms. The Morgan fingerprint density at radius 2 is 2.09 bits per heavy atom. The fourth-order valence-electron chi connectivity index (χ4n) is 3.08. The highest BCUT2D eigenvalue weighted by Gasteiger charge is 2.38. The number of hydrogen-bond acceptors (Lipinski definition) is 10. The molecule has 13 heteroatoms. The number of ether oxygens (including phenoxy) is 1. The van der Waals surface area contributed by atoms with Gasteiger partial charge in [-0.1, -0.05) is 18.2 Å². The Kier molecular flexibility index (Phi) is 8.55. The summed E-state index contributed by atoms with van der Waals surface area (Å²) in [4.78, 5) is 27.7. The van der Waals surface area contributed by atoms with Gasteiger partial charge in [0.25, 0.3) is 0 Å². The SMILES string of the molecule is CC(C)OC(=O)CNP(=O)(OCC1CC(O)C(n2ccc(N)nc2=O)S1)Oc1ccccc1. The lowest BCUT2D eigenvalue weighted by Crippen LogP contribution is -2.29. The monoisotopic (exact) mass is 498 g/mol. The van der Waals surface area contributed by atoms with Crippen LogP contribution in [0.4, 0.5) is 5.82 Å². The van der Waals surface area contributed by atoms with Crippen molar-refractivity contribution in [2.45, 2.75) is 43.1 Å². The van der Waals surface area contributed by atoms with E-state index < -0.39 is 30.9 Å². The minimum atomic E-state index is -3.96. The average Bonchev–Trinajstić information content (AvgIpc) is 3.12. The number of rotatable bonds is 10. The number of esters is 1. The van der Waals surface area contributed by atoms with E-state index in [1.54, 1.807) is 44.2 Å². The van der Waals surface area contributed by atoms with E-state index in [9.17, 15) is 19.3 Å². The number of nitrogen functional groups attached to an aromatic ring is 1.